The zero-order chi connectivity index (χ0) is 8.43. The fraction of sp³-hybridized carbons (Fsp3) is 0. The van der Waals surface area contributed by atoms with Crippen molar-refractivity contribution in [3.63, 3.8) is 0 Å². The molecule has 0 amide bonds. The minimum absolute atomic E-state index is 0.00563. The molecular formula is C7H5BrFNO. The molecule has 0 fully saturated rings. The molecule has 2 nitrogen and oxygen atoms in total. The van der Waals surface area contributed by atoms with E-state index in [1.165, 1.54) is 12.1 Å². The fourth-order valence-electron chi connectivity index (χ4n) is 0.670. The van der Waals surface area contributed by atoms with Crippen LogP contribution in [0.3, 0.4) is 0 Å². The van der Waals surface area contributed by atoms with Crippen molar-refractivity contribution in [2.24, 2.45) is 0 Å². The molecule has 0 aliphatic carbocycles. The summed E-state index contributed by atoms with van der Waals surface area (Å²) >= 11 is 2.91. The second-order valence-electron chi connectivity index (χ2n) is 1.99. The Morgan fingerprint density at radius 3 is 2.73 bits per heavy atom. The standard InChI is InChI=1S/C7H5BrFNO/c8-6-5(10)2-1-4(3-11)7(6)9/h1-3H,10H2. The van der Waals surface area contributed by atoms with Crippen LogP contribution in [-0.4, -0.2) is 6.29 Å². The van der Waals surface area contributed by atoms with Crippen LogP contribution in [-0.2, 0) is 0 Å². The number of hydrogen-bond acceptors (Lipinski definition) is 2. The van der Waals surface area contributed by atoms with Gasteiger partial charge in [-0.2, -0.15) is 0 Å². The first-order chi connectivity index (χ1) is 5.16. The SMILES string of the molecule is Nc1ccc(C=O)c(F)c1Br. The maximum atomic E-state index is 12.9. The van der Waals surface area contributed by atoms with E-state index in [9.17, 15) is 9.18 Å². The van der Waals surface area contributed by atoms with Crippen molar-refractivity contribution in [1.82, 2.24) is 0 Å². The summed E-state index contributed by atoms with van der Waals surface area (Å²) in [5.41, 5.74) is 5.63. The Labute approximate surface area is 71.3 Å². The highest BCUT2D eigenvalue weighted by atomic mass is 79.9. The number of benzene rings is 1. The molecule has 58 valence electrons. The highest BCUT2D eigenvalue weighted by Crippen LogP contribution is 2.24. The molecule has 2 N–H and O–H groups in total. The summed E-state index contributed by atoms with van der Waals surface area (Å²) in [6.45, 7) is 0. The Kier molecular flexibility index (Phi) is 2.24. The molecule has 11 heavy (non-hydrogen) atoms. The largest absolute Gasteiger partial charge is 0.398 e. The number of nitrogens with two attached hydrogens (primary N) is 1. The van der Waals surface area contributed by atoms with E-state index in [-0.39, 0.29) is 15.7 Å². The summed E-state index contributed by atoms with van der Waals surface area (Å²) in [6, 6.07) is 2.80. The van der Waals surface area contributed by atoms with Crippen molar-refractivity contribution < 1.29 is 9.18 Å². The monoisotopic (exact) mass is 217 g/mol. The smallest absolute Gasteiger partial charge is 0.153 e. The van der Waals surface area contributed by atoms with Gasteiger partial charge in [-0.15, -0.1) is 0 Å². The fourth-order valence-corrected chi connectivity index (χ4v) is 1.03. The first kappa shape index (κ1) is 8.20. The Morgan fingerprint density at radius 2 is 2.18 bits per heavy atom. The quantitative estimate of drug-likeness (QED) is 0.578. The molecule has 0 saturated carbocycles. The Balaban J connectivity index is 3.36. The second-order valence-corrected chi connectivity index (χ2v) is 2.78. The first-order valence-corrected chi connectivity index (χ1v) is 3.64. The summed E-state index contributed by atoms with van der Waals surface area (Å²) in [6.07, 6.45) is 0.444. The Morgan fingerprint density at radius 1 is 1.55 bits per heavy atom. The van der Waals surface area contributed by atoms with Crippen molar-refractivity contribution in [3.8, 4) is 0 Å². The van der Waals surface area contributed by atoms with Gasteiger partial charge in [-0.25, -0.2) is 4.39 Å². The van der Waals surface area contributed by atoms with E-state index in [2.05, 4.69) is 15.9 Å². The molecule has 0 unspecified atom stereocenters. The van der Waals surface area contributed by atoms with Gasteiger partial charge in [0.15, 0.2) is 6.29 Å². The van der Waals surface area contributed by atoms with Crippen LogP contribution in [0.4, 0.5) is 10.1 Å². The van der Waals surface area contributed by atoms with Gasteiger partial charge in [0.05, 0.1) is 10.0 Å². The van der Waals surface area contributed by atoms with Crippen molar-refractivity contribution in [1.29, 1.82) is 0 Å². The lowest BCUT2D eigenvalue weighted by Crippen LogP contribution is -1.94. The molecule has 0 aromatic heterocycles. The number of nitrogen functional groups attached to an aromatic ring is 1. The number of carbonyl (C=O) groups excluding carboxylic acids is 1. The first-order valence-electron chi connectivity index (χ1n) is 2.85. The summed E-state index contributed by atoms with van der Waals surface area (Å²) in [4.78, 5) is 10.2. The van der Waals surface area contributed by atoms with Crippen molar-refractivity contribution in [2.45, 2.75) is 0 Å². The van der Waals surface area contributed by atoms with Gasteiger partial charge in [-0.05, 0) is 28.1 Å². The van der Waals surface area contributed by atoms with Crippen LogP contribution < -0.4 is 5.73 Å². The average molecular weight is 218 g/mol. The van der Waals surface area contributed by atoms with Gasteiger partial charge < -0.3 is 5.73 Å². The second kappa shape index (κ2) is 3.00. The molecule has 0 bridgehead atoms. The van der Waals surface area contributed by atoms with Crippen LogP contribution in [0.5, 0.6) is 0 Å². The number of anilines is 1. The molecule has 0 atom stereocenters. The van der Waals surface area contributed by atoms with E-state index < -0.39 is 5.82 Å². The van der Waals surface area contributed by atoms with Gasteiger partial charge in [0.25, 0.3) is 0 Å². The maximum absolute atomic E-state index is 12.9. The molecule has 0 spiro atoms. The minimum atomic E-state index is -0.611. The zero-order valence-electron chi connectivity index (χ0n) is 5.47. The normalized spacial score (nSPS) is 9.64. The third kappa shape index (κ3) is 1.40. The third-order valence-electron chi connectivity index (χ3n) is 1.27. The van der Waals surface area contributed by atoms with Crippen LogP contribution in [0.15, 0.2) is 16.6 Å². The lowest BCUT2D eigenvalue weighted by Gasteiger charge is -2.00. The number of halogens is 2. The average Bonchev–Trinajstić information content (AvgIpc) is 2.01. The highest BCUT2D eigenvalue weighted by Gasteiger charge is 2.07. The summed E-state index contributed by atoms with van der Waals surface area (Å²) in [5, 5.41) is 0. The van der Waals surface area contributed by atoms with Crippen molar-refractivity contribution in [2.75, 3.05) is 5.73 Å². The highest BCUT2D eigenvalue weighted by molar-refractivity contribution is 9.10. The van der Waals surface area contributed by atoms with E-state index >= 15 is 0 Å². The van der Waals surface area contributed by atoms with Crippen LogP contribution >= 0.6 is 15.9 Å². The number of carbonyl (C=O) groups is 1. The van der Waals surface area contributed by atoms with Crippen molar-refractivity contribution in [3.05, 3.63) is 28.0 Å². The number of hydrogen-bond donors (Lipinski definition) is 1. The van der Waals surface area contributed by atoms with Gasteiger partial charge in [-0.1, -0.05) is 0 Å². The van der Waals surface area contributed by atoms with Crippen molar-refractivity contribution >= 4 is 27.9 Å². The van der Waals surface area contributed by atoms with E-state index in [1.807, 2.05) is 0 Å². The summed E-state index contributed by atoms with van der Waals surface area (Å²) < 4.78 is 13.0. The molecule has 4 heteroatoms. The molecule has 1 rings (SSSR count). The van der Waals surface area contributed by atoms with Crippen LogP contribution in [0.1, 0.15) is 10.4 Å². The maximum Gasteiger partial charge on any atom is 0.153 e. The van der Waals surface area contributed by atoms with Crippen LogP contribution in [0.2, 0.25) is 0 Å². The molecule has 1 aromatic carbocycles. The molecule has 0 radical (unpaired) electrons. The van der Waals surface area contributed by atoms with Crippen LogP contribution in [0.25, 0.3) is 0 Å². The van der Waals surface area contributed by atoms with Gasteiger partial charge >= 0.3 is 0 Å². The van der Waals surface area contributed by atoms with E-state index in [4.69, 9.17) is 5.73 Å². The van der Waals surface area contributed by atoms with Gasteiger partial charge in [0.2, 0.25) is 0 Å². The Bertz CT molecular complexity index is 301. The van der Waals surface area contributed by atoms with E-state index in [0.29, 0.717) is 6.29 Å². The van der Waals surface area contributed by atoms with Gasteiger partial charge in [-0.3, -0.25) is 4.79 Å². The lowest BCUT2D eigenvalue weighted by atomic mass is 10.2. The predicted octanol–water partition coefficient (Wildman–Crippen LogP) is 1.98. The number of aldehydes is 1. The molecule has 0 saturated heterocycles. The third-order valence-corrected chi connectivity index (χ3v) is 2.07. The predicted molar refractivity (Wildman–Crippen MR) is 43.9 cm³/mol. The van der Waals surface area contributed by atoms with Gasteiger partial charge in [0.1, 0.15) is 5.82 Å². The van der Waals surface area contributed by atoms with Gasteiger partial charge in [0, 0.05) is 5.69 Å². The van der Waals surface area contributed by atoms with E-state index in [0.717, 1.165) is 0 Å². The van der Waals surface area contributed by atoms with E-state index in [1.54, 1.807) is 0 Å². The number of rotatable bonds is 1. The van der Waals surface area contributed by atoms with Crippen LogP contribution in [0, 0.1) is 5.82 Å². The lowest BCUT2D eigenvalue weighted by molar-refractivity contribution is 0.111. The molecule has 0 aliphatic rings. The topological polar surface area (TPSA) is 43.1 Å². The Hall–Kier alpha value is -0.900. The molecule has 0 heterocycles. The zero-order valence-corrected chi connectivity index (χ0v) is 7.06. The summed E-state index contributed by atoms with van der Waals surface area (Å²) in [5.74, 6) is -0.611. The molecule has 0 aliphatic heterocycles. The molecule has 1 aromatic rings. The summed E-state index contributed by atoms with van der Waals surface area (Å²) in [7, 11) is 0. The minimum Gasteiger partial charge on any atom is -0.398 e. The molecular weight excluding hydrogens is 213 g/mol.